The number of H-pyrrole nitrogens is 1. The number of amides is 3. The Morgan fingerprint density at radius 2 is 1.71 bits per heavy atom. The van der Waals surface area contributed by atoms with Gasteiger partial charge in [0.15, 0.2) is 0 Å². The maximum Gasteiger partial charge on any atom is 0.258 e. The fourth-order valence-electron chi connectivity index (χ4n) is 6.63. The molecular formula is C35H32N4O3. The Kier molecular flexibility index (Phi) is 5.60. The van der Waals surface area contributed by atoms with Crippen molar-refractivity contribution < 1.29 is 14.4 Å². The fraction of sp³-hybridized carbons (Fsp3) is 0.229. The lowest BCUT2D eigenvalue weighted by Crippen LogP contribution is -2.30. The largest absolute Gasteiger partial charge is 0.366 e. The minimum atomic E-state index is -0.518. The highest BCUT2D eigenvalue weighted by Crippen LogP contribution is 2.42. The number of aromatic amines is 1. The minimum absolute atomic E-state index is 0.00225. The zero-order valence-corrected chi connectivity index (χ0v) is 24.2. The smallest absolute Gasteiger partial charge is 0.258 e. The number of benzene rings is 4. The van der Waals surface area contributed by atoms with Gasteiger partial charge in [0.2, 0.25) is 5.91 Å². The number of primary amides is 1. The van der Waals surface area contributed by atoms with Crippen molar-refractivity contribution in [3.8, 4) is 11.1 Å². The molecule has 0 bridgehead atoms. The number of nitrogens with zero attached hydrogens (tertiary/aromatic N) is 2. The van der Waals surface area contributed by atoms with Crippen LogP contribution in [0.1, 0.15) is 57.7 Å². The summed E-state index contributed by atoms with van der Waals surface area (Å²) in [4.78, 5) is 46.1. The number of nitrogens with one attached hydrogen (secondary N) is 1. The number of fused-ring (bicyclic) bond motifs is 4. The maximum atomic E-state index is 13.5. The van der Waals surface area contributed by atoms with Gasteiger partial charge in [0, 0.05) is 45.2 Å². The van der Waals surface area contributed by atoms with Crippen molar-refractivity contribution in [1.29, 1.82) is 0 Å². The van der Waals surface area contributed by atoms with Gasteiger partial charge < -0.3 is 20.5 Å². The van der Waals surface area contributed by atoms with E-state index >= 15 is 0 Å². The van der Waals surface area contributed by atoms with E-state index in [0.29, 0.717) is 24.2 Å². The predicted molar refractivity (Wildman–Crippen MR) is 167 cm³/mol. The van der Waals surface area contributed by atoms with Crippen molar-refractivity contribution >= 4 is 50.9 Å². The van der Waals surface area contributed by atoms with Gasteiger partial charge in [0.25, 0.3) is 11.8 Å². The maximum absolute atomic E-state index is 13.5. The SMILES string of the molecule is Cc1ccc2c(c1)C(=O)N(c1cccc(-c3ccc(C(N)=O)c4[nH]c5cc(N6CCC(C)(C)C6=O)ccc5c34)c1C)C2. The van der Waals surface area contributed by atoms with Crippen LogP contribution in [0, 0.1) is 19.3 Å². The predicted octanol–water partition coefficient (Wildman–Crippen LogP) is 6.63. The number of carbonyl (C=O) groups excluding carboxylic acids is 3. The number of hydrogen-bond donors (Lipinski definition) is 2. The molecule has 0 saturated carbocycles. The Morgan fingerprint density at radius 3 is 2.45 bits per heavy atom. The first-order chi connectivity index (χ1) is 20.0. The second-order valence-corrected chi connectivity index (χ2v) is 12.2. The molecule has 7 heteroatoms. The number of aromatic nitrogens is 1. The molecule has 42 heavy (non-hydrogen) atoms. The van der Waals surface area contributed by atoms with Crippen LogP contribution in [0.25, 0.3) is 32.9 Å². The molecule has 7 nitrogen and oxygen atoms in total. The van der Waals surface area contributed by atoms with Crippen molar-refractivity contribution in [2.75, 3.05) is 16.3 Å². The molecule has 7 rings (SSSR count). The van der Waals surface area contributed by atoms with Crippen molar-refractivity contribution in [3.63, 3.8) is 0 Å². The van der Waals surface area contributed by atoms with Gasteiger partial charge in [-0.15, -0.1) is 0 Å². The summed E-state index contributed by atoms with van der Waals surface area (Å²) in [5.41, 5.74) is 14.7. The summed E-state index contributed by atoms with van der Waals surface area (Å²) in [5, 5.41) is 1.82. The monoisotopic (exact) mass is 556 g/mol. The van der Waals surface area contributed by atoms with E-state index in [-0.39, 0.29) is 17.2 Å². The molecule has 1 aromatic heterocycles. The Hall–Kier alpha value is -4.91. The van der Waals surface area contributed by atoms with Gasteiger partial charge in [0.1, 0.15) is 0 Å². The number of nitrogens with two attached hydrogens (primary N) is 1. The quantitative estimate of drug-likeness (QED) is 0.260. The summed E-state index contributed by atoms with van der Waals surface area (Å²) < 4.78 is 0. The number of carbonyl (C=O) groups is 3. The van der Waals surface area contributed by atoms with Crippen LogP contribution < -0.4 is 15.5 Å². The second kappa shape index (κ2) is 9.05. The Balaban J connectivity index is 1.38. The molecule has 1 saturated heterocycles. The Labute approximate surface area is 243 Å². The first-order valence-corrected chi connectivity index (χ1v) is 14.3. The van der Waals surface area contributed by atoms with Gasteiger partial charge in [0.05, 0.1) is 17.6 Å². The van der Waals surface area contributed by atoms with E-state index in [1.807, 2.05) is 98.2 Å². The number of anilines is 2. The molecule has 1 fully saturated rings. The van der Waals surface area contributed by atoms with Crippen molar-refractivity contribution in [2.24, 2.45) is 11.1 Å². The lowest BCUT2D eigenvalue weighted by Gasteiger charge is -2.21. The third-order valence-corrected chi connectivity index (χ3v) is 9.05. The highest BCUT2D eigenvalue weighted by atomic mass is 16.2. The van der Waals surface area contributed by atoms with E-state index in [1.165, 1.54) is 0 Å². The van der Waals surface area contributed by atoms with Crippen LogP contribution in [-0.4, -0.2) is 29.3 Å². The molecule has 0 radical (unpaired) electrons. The molecule has 210 valence electrons. The molecule has 3 heterocycles. The first kappa shape index (κ1) is 26.0. The molecule has 0 aliphatic carbocycles. The van der Waals surface area contributed by atoms with Crippen LogP contribution in [0.5, 0.6) is 0 Å². The number of aryl methyl sites for hydroxylation is 1. The van der Waals surface area contributed by atoms with Gasteiger partial charge in [-0.1, -0.05) is 55.8 Å². The molecule has 3 amide bonds. The average molecular weight is 557 g/mol. The average Bonchev–Trinajstić information content (AvgIpc) is 3.58. The topological polar surface area (TPSA) is 99.5 Å². The lowest BCUT2D eigenvalue weighted by atomic mass is 9.92. The first-order valence-electron chi connectivity index (χ1n) is 14.3. The van der Waals surface area contributed by atoms with Crippen LogP contribution in [0.4, 0.5) is 11.4 Å². The third kappa shape index (κ3) is 3.76. The molecule has 0 spiro atoms. The zero-order valence-electron chi connectivity index (χ0n) is 24.2. The van der Waals surface area contributed by atoms with Gasteiger partial charge >= 0.3 is 0 Å². The lowest BCUT2D eigenvalue weighted by molar-refractivity contribution is -0.123. The normalized spacial score (nSPS) is 16.2. The summed E-state index contributed by atoms with van der Waals surface area (Å²) in [6.07, 6.45) is 0.798. The summed E-state index contributed by atoms with van der Waals surface area (Å²) in [6, 6.07) is 21.7. The molecule has 4 aromatic carbocycles. The molecule has 0 unspecified atom stereocenters. The minimum Gasteiger partial charge on any atom is -0.366 e. The Morgan fingerprint density at radius 1 is 0.905 bits per heavy atom. The molecule has 5 aromatic rings. The summed E-state index contributed by atoms with van der Waals surface area (Å²) >= 11 is 0. The van der Waals surface area contributed by atoms with Gasteiger partial charge in [-0.25, -0.2) is 0 Å². The molecule has 0 atom stereocenters. The van der Waals surface area contributed by atoms with Crippen molar-refractivity contribution in [1.82, 2.24) is 4.98 Å². The molecule has 3 N–H and O–H groups in total. The van der Waals surface area contributed by atoms with E-state index in [1.54, 1.807) is 6.07 Å². The van der Waals surface area contributed by atoms with E-state index < -0.39 is 5.91 Å². The van der Waals surface area contributed by atoms with Crippen LogP contribution >= 0.6 is 0 Å². The van der Waals surface area contributed by atoms with Crippen LogP contribution in [0.15, 0.2) is 66.7 Å². The van der Waals surface area contributed by atoms with Crippen LogP contribution in [0.2, 0.25) is 0 Å². The van der Waals surface area contributed by atoms with Gasteiger partial charge in [-0.05, 0) is 72.9 Å². The fourth-order valence-corrected chi connectivity index (χ4v) is 6.63. The van der Waals surface area contributed by atoms with E-state index in [0.717, 1.165) is 67.5 Å². The number of rotatable bonds is 4. The summed E-state index contributed by atoms with van der Waals surface area (Å²) in [5.74, 6) is -0.406. The van der Waals surface area contributed by atoms with Crippen LogP contribution in [0.3, 0.4) is 0 Å². The second-order valence-electron chi connectivity index (χ2n) is 12.2. The zero-order chi connectivity index (χ0) is 29.5. The van der Waals surface area contributed by atoms with Crippen LogP contribution in [-0.2, 0) is 11.3 Å². The number of hydrogen-bond acceptors (Lipinski definition) is 3. The molecule has 2 aliphatic rings. The van der Waals surface area contributed by atoms with E-state index in [9.17, 15) is 14.4 Å². The molecule has 2 aliphatic heterocycles. The summed E-state index contributed by atoms with van der Waals surface area (Å²) in [7, 11) is 0. The standard InChI is InChI=1S/C35H32N4O3/c1-19-8-9-21-18-39(33(41)27(21)16-19)29-7-5-6-23(20(29)2)24-12-13-26(32(36)40)31-30(24)25-11-10-22(17-28(25)37-31)38-15-14-35(3,4)34(38)42/h5-13,16-17,37H,14-15,18H2,1-4H3,(H2,36,40). The third-order valence-electron chi connectivity index (χ3n) is 9.05. The molecular weight excluding hydrogens is 524 g/mol. The Bertz CT molecular complexity index is 2000. The highest BCUT2D eigenvalue weighted by Gasteiger charge is 2.39. The highest BCUT2D eigenvalue weighted by molar-refractivity contribution is 6.21. The van der Waals surface area contributed by atoms with Crippen molar-refractivity contribution in [3.05, 3.63) is 94.5 Å². The van der Waals surface area contributed by atoms with Gasteiger partial charge in [-0.3, -0.25) is 14.4 Å². The van der Waals surface area contributed by atoms with E-state index in [2.05, 4.69) is 4.98 Å². The summed E-state index contributed by atoms with van der Waals surface area (Å²) in [6.45, 7) is 9.18. The van der Waals surface area contributed by atoms with Gasteiger partial charge in [-0.2, -0.15) is 0 Å². The van der Waals surface area contributed by atoms with Crippen molar-refractivity contribution in [2.45, 2.75) is 40.7 Å². The van der Waals surface area contributed by atoms with E-state index in [4.69, 9.17) is 5.73 Å².